The molecule has 2 aliphatic rings. The second kappa shape index (κ2) is 9.03. The number of ether oxygens (including phenoxy) is 4. The summed E-state index contributed by atoms with van der Waals surface area (Å²) in [5, 5.41) is 17.8. The molecule has 0 spiro atoms. The second-order valence-electron chi connectivity index (χ2n) is 8.72. The van der Waals surface area contributed by atoms with Crippen LogP contribution < -0.4 is 10.1 Å². The molecule has 3 aromatic rings. The first-order valence-electron chi connectivity index (χ1n) is 11.2. The Labute approximate surface area is 199 Å². The van der Waals surface area contributed by atoms with Crippen LogP contribution in [0.2, 0.25) is 0 Å². The first-order chi connectivity index (χ1) is 16.8. The molecule has 5 heterocycles. The van der Waals surface area contributed by atoms with Crippen LogP contribution >= 0.6 is 0 Å². The van der Waals surface area contributed by atoms with Crippen LogP contribution in [-0.2, 0) is 14.2 Å². The van der Waals surface area contributed by atoms with Crippen LogP contribution in [-0.4, -0.2) is 76.0 Å². The average molecular weight is 489 g/mol. The van der Waals surface area contributed by atoms with Crippen molar-refractivity contribution >= 4 is 22.7 Å². The Hall–Kier alpha value is -3.34. The van der Waals surface area contributed by atoms with Crippen LogP contribution in [0.1, 0.15) is 31.6 Å². The van der Waals surface area contributed by atoms with E-state index in [1.807, 2.05) is 0 Å². The maximum absolute atomic E-state index is 13.8. The van der Waals surface area contributed by atoms with Crippen LogP contribution in [0.25, 0.3) is 11.0 Å². The minimum atomic E-state index is -3.06. The number of anilines is 2. The zero-order valence-electron chi connectivity index (χ0n) is 19.4. The molecule has 2 fully saturated rings. The zero-order valence-corrected chi connectivity index (χ0v) is 19.4. The highest BCUT2D eigenvalue weighted by Gasteiger charge is 2.35. The Morgan fingerprint density at radius 2 is 2.06 bits per heavy atom. The van der Waals surface area contributed by atoms with E-state index in [-0.39, 0.29) is 30.0 Å². The number of rotatable bonds is 8. The number of nitrogens with one attached hydrogen (secondary N) is 1. The molecule has 0 aromatic carbocycles. The van der Waals surface area contributed by atoms with Gasteiger partial charge < -0.3 is 28.8 Å². The van der Waals surface area contributed by atoms with Gasteiger partial charge in [-0.3, -0.25) is 4.68 Å². The van der Waals surface area contributed by atoms with Crippen LogP contribution in [0.4, 0.5) is 20.4 Å². The highest BCUT2D eigenvalue weighted by Crippen LogP contribution is 2.33. The Morgan fingerprint density at radius 3 is 2.71 bits per heavy atom. The number of aromatic nitrogens is 5. The average Bonchev–Trinajstić information content (AvgIpc) is 3.48. The lowest BCUT2D eigenvalue weighted by molar-refractivity contribution is -0.0739. The molecule has 35 heavy (non-hydrogen) atoms. The summed E-state index contributed by atoms with van der Waals surface area (Å²) in [6.07, 6.45) is 1.61. The summed E-state index contributed by atoms with van der Waals surface area (Å²) in [5.74, 6) is -2.86. The lowest BCUT2D eigenvalue weighted by Crippen LogP contribution is -2.33. The van der Waals surface area contributed by atoms with E-state index in [0.717, 1.165) is 6.92 Å². The third-order valence-electron chi connectivity index (χ3n) is 6.27. The molecule has 13 heteroatoms. The minimum absolute atomic E-state index is 0.00589. The second-order valence-corrected chi connectivity index (χ2v) is 8.72. The number of nitrogens with zero attached hydrogens (tertiary/aromatic N) is 6. The van der Waals surface area contributed by atoms with Crippen molar-refractivity contribution in [1.82, 2.24) is 24.3 Å². The molecule has 11 nitrogen and oxygen atoms in total. The van der Waals surface area contributed by atoms with Gasteiger partial charge in [0.25, 0.3) is 11.8 Å². The van der Waals surface area contributed by atoms with Crippen molar-refractivity contribution in [2.24, 2.45) is 0 Å². The summed E-state index contributed by atoms with van der Waals surface area (Å²) in [6.45, 7) is 3.80. The van der Waals surface area contributed by atoms with Gasteiger partial charge in [0.2, 0.25) is 5.95 Å². The SMILES string of the molecule is COC1COCC1n1c(C#N)cc2cnc(Nc3cn(C4COC4)nc3OC(C)C(C)(F)F)nc21. The lowest BCUT2D eigenvalue weighted by atomic mass is 10.2. The van der Waals surface area contributed by atoms with Crippen molar-refractivity contribution in [1.29, 1.82) is 5.26 Å². The van der Waals surface area contributed by atoms with Gasteiger partial charge in [-0.05, 0) is 13.0 Å². The molecule has 0 radical (unpaired) electrons. The molecule has 2 aliphatic heterocycles. The van der Waals surface area contributed by atoms with Gasteiger partial charge in [0.15, 0.2) is 6.10 Å². The fourth-order valence-corrected chi connectivity index (χ4v) is 3.98. The molecule has 3 aromatic heterocycles. The van der Waals surface area contributed by atoms with Gasteiger partial charge in [-0.25, -0.2) is 13.8 Å². The summed E-state index contributed by atoms with van der Waals surface area (Å²) in [6, 6.07) is 3.65. The molecule has 5 rings (SSSR count). The third kappa shape index (κ3) is 4.40. The Morgan fingerprint density at radius 1 is 1.29 bits per heavy atom. The maximum Gasteiger partial charge on any atom is 0.281 e. The Kier molecular flexibility index (Phi) is 6.04. The van der Waals surface area contributed by atoms with Crippen molar-refractivity contribution in [3.05, 3.63) is 24.2 Å². The normalized spacial score (nSPS) is 21.6. The molecule has 2 saturated heterocycles. The van der Waals surface area contributed by atoms with Gasteiger partial charge in [-0.1, -0.05) is 0 Å². The van der Waals surface area contributed by atoms with Crippen LogP contribution in [0, 0.1) is 11.3 Å². The molecular formula is C22H25F2N7O4. The van der Waals surface area contributed by atoms with Crippen LogP contribution in [0.15, 0.2) is 18.5 Å². The lowest BCUT2D eigenvalue weighted by Gasteiger charge is -2.25. The van der Waals surface area contributed by atoms with Gasteiger partial charge in [0.1, 0.15) is 29.2 Å². The Balaban J connectivity index is 1.50. The fraction of sp³-hybridized carbons (Fsp3) is 0.545. The molecule has 0 aliphatic carbocycles. The predicted molar refractivity (Wildman–Crippen MR) is 119 cm³/mol. The molecule has 3 atom stereocenters. The molecule has 3 unspecified atom stereocenters. The number of nitriles is 1. The van der Waals surface area contributed by atoms with Gasteiger partial charge in [-0.2, -0.15) is 10.2 Å². The molecule has 0 bridgehead atoms. The van der Waals surface area contributed by atoms with Crippen LogP contribution in [0.3, 0.4) is 0 Å². The van der Waals surface area contributed by atoms with Gasteiger partial charge in [0.05, 0.1) is 44.7 Å². The third-order valence-corrected chi connectivity index (χ3v) is 6.27. The number of methoxy groups -OCH3 is 1. The van der Waals surface area contributed by atoms with Crippen molar-refractivity contribution < 1.29 is 27.7 Å². The van der Waals surface area contributed by atoms with Gasteiger partial charge in [0, 0.05) is 25.6 Å². The zero-order chi connectivity index (χ0) is 24.7. The van der Waals surface area contributed by atoms with E-state index in [0.29, 0.717) is 48.8 Å². The van der Waals surface area contributed by atoms with E-state index in [4.69, 9.17) is 18.9 Å². The standard InChI is InChI=1S/C22H25F2N7O4/c1-12(22(2,23)24)35-20-16(7-30(29-20)15-8-33-9-15)27-21-26-6-13-4-14(5-25)31(19(13)28-21)17-10-34-11-18(17)32-3/h4,6-7,12,15,17-18H,8-11H2,1-3H3,(H,26,27,28). The topological polar surface area (TPSA) is 121 Å². The monoisotopic (exact) mass is 489 g/mol. The summed E-state index contributed by atoms with van der Waals surface area (Å²) >= 11 is 0. The fourth-order valence-electron chi connectivity index (χ4n) is 3.98. The summed E-state index contributed by atoms with van der Waals surface area (Å²) in [7, 11) is 1.60. The summed E-state index contributed by atoms with van der Waals surface area (Å²) < 4.78 is 52.8. The minimum Gasteiger partial charge on any atom is -0.466 e. The number of hydrogen-bond acceptors (Lipinski definition) is 9. The molecule has 0 amide bonds. The van der Waals surface area contributed by atoms with Crippen molar-refractivity contribution in [2.75, 3.05) is 38.9 Å². The number of alkyl halides is 2. The van der Waals surface area contributed by atoms with Gasteiger partial charge >= 0.3 is 0 Å². The first-order valence-corrected chi connectivity index (χ1v) is 11.2. The van der Waals surface area contributed by atoms with Crippen molar-refractivity contribution in [2.45, 2.75) is 44.1 Å². The van der Waals surface area contributed by atoms with E-state index in [1.54, 1.807) is 34.8 Å². The number of fused-ring (bicyclic) bond motifs is 1. The van der Waals surface area contributed by atoms with Crippen LogP contribution in [0.5, 0.6) is 5.88 Å². The number of hydrogen-bond donors (Lipinski definition) is 1. The Bertz CT molecular complexity index is 1260. The van der Waals surface area contributed by atoms with Crippen molar-refractivity contribution in [3.63, 3.8) is 0 Å². The highest BCUT2D eigenvalue weighted by atomic mass is 19.3. The van der Waals surface area contributed by atoms with E-state index in [1.165, 1.54) is 6.92 Å². The summed E-state index contributed by atoms with van der Waals surface area (Å²) in [5.41, 5.74) is 1.27. The summed E-state index contributed by atoms with van der Waals surface area (Å²) in [4.78, 5) is 8.96. The molecular weight excluding hydrogens is 464 g/mol. The highest BCUT2D eigenvalue weighted by molar-refractivity contribution is 5.79. The number of halogens is 2. The van der Waals surface area contributed by atoms with E-state index >= 15 is 0 Å². The van der Waals surface area contributed by atoms with Gasteiger partial charge in [-0.15, -0.1) is 5.10 Å². The first kappa shape index (κ1) is 23.4. The van der Waals surface area contributed by atoms with E-state index in [2.05, 4.69) is 26.5 Å². The molecule has 186 valence electrons. The van der Waals surface area contributed by atoms with Crippen molar-refractivity contribution in [3.8, 4) is 11.9 Å². The molecule has 0 saturated carbocycles. The largest absolute Gasteiger partial charge is 0.466 e. The molecule has 1 N–H and O–H groups in total. The quantitative estimate of drug-likeness (QED) is 0.509. The maximum atomic E-state index is 13.8. The predicted octanol–water partition coefficient (Wildman–Crippen LogP) is 2.82. The van der Waals surface area contributed by atoms with E-state index in [9.17, 15) is 14.0 Å². The van der Waals surface area contributed by atoms with E-state index < -0.39 is 12.0 Å². The smallest absolute Gasteiger partial charge is 0.281 e.